The van der Waals surface area contributed by atoms with Crippen LogP contribution in [0.5, 0.6) is 11.5 Å². The van der Waals surface area contributed by atoms with Gasteiger partial charge in [0.25, 0.3) is 0 Å². The molecule has 0 aliphatic carbocycles. The number of halogens is 2. The fraction of sp³-hybridized carbons (Fsp3) is 0.345. The smallest absolute Gasteiger partial charge is 0.213 e. The largest absolute Gasteiger partial charge is 0.494 e. The molecule has 0 spiro atoms. The highest BCUT2D eigenvalue weighted by Gasteiger charge is 2.42. The molecule has 0 saturated heterocycles. The summed E-state index contributed by atoms with van der Waals surface area (Å²) < 4.78 is 12.4. The summed E-state index contributed by atoms with van der Waals surface area (Å²) in [6.45, 7) is 5.04. The van der Waals surface area contributed by atoms with E-state index in [2.05, 4.69) is 50.2 Å². The van der Waals surface area contributed by atoms with Crippen molar-refractivity contribution >= 4 is 28.9 Å². The predicted molar refractivity (Wildman–Crippen MR) is 143 cm³/mol. The maximum atomic E-state index is 6.59. The van der Waals surface area contributed by atoms with Crippen molar-refractivity contribution in [2.75, 3.05) is 6.61 Å². The van der Waals surface area contributed by atoms with Crippen LogP contribution in [-0.2, 0) is 0 Å². The van der Waals surface area contributed by atoms with Crippen molar-refractivity contribution < 1.29 is 9.47 Å². The Morgan fingerprint density at radius 1 is 1.00 bits per heavy atom. The number of rotatable bonds is 8. The fourth-order valence-electron chi connectivity index (χ4n) is 4.70. The molecule has 0 N–H and O–H groups in total. The summed E-state index contributed by atoms with van der Waals surface area (Å²) in [5.41, 5.74) is 5.34. The van der Waals surface area contributed by atoms with Gasteiger partial charge in [-0.15, -0.1) is 0 Å². The third-order valence-corrected chi connectivity index (χ3v) is 7.12. The van der Waals surface area contributed by atoms with Gasteiger partial charge in [0.15, 0.2) is 0 Å². The van der Waals surface area contributed by atoms with Crippen molar-refractivity contribution in [2.24, 2.45) is 5.10 Å². The Balaban J connectivity index is 1.43. The van der Waals surface area contributed by atoms with E-state index in [0.717, 1.165) is 47.6 Å². The molecule has 3 aromatic carbocycles. The summed E-state index contributed by atoms with van der Waals surface area (Å²) in [5.74, 6) is 1.55. The Bertz CT molecular complexity index is 1210. The molecule has 2 atom stereocenters. The highest BCUT2D eigenvalue weighted by atomic mass is 35.5. The number of fused-ring (bicyclic) bond motifs is 3. The Morgan fingerprint density at radius 3 is 2.51 bits per heavy atom. The fourth-order valence-corrected chi connectivity index (χ4v) is 5.26. The molecule has 2 heterocycles. The monoisotopic (exact) mass is 508 g/mol. The minimum Gasteiger partial charge on any atom is -0.494 e. The van der Waals surface area contributed by atoms with Crippen LogP contribution in [0.15, 0.2) is 65.8 Å². The molecule has 0 unspecified atom stereocenters. The average molecular weight is 509 g/mol. The molecule has 0 bridgehead atoms. The zero-order valence-electron chi connectivity index (χ0n) is 20.1. The second-order valence-corrected chi connectivity index (χ2v) is 10.1. The minimum atomic E-state index is -0.396. The molecule has 3 aromatic rings. The normalized spacial score (nSPS) is 18.5. The van der Waals surface area contributed by atoms with E-state index < -0.39 is 6.23 Å². The summed E-state index contributed by atoms with van der Waals surface area (Å²) in [6.07, 6.45) is 5.11. The van der Waals surface area contributed by atoms with Crippen molar-refractivity contribution in [2.45, 2.75) is 58.2 Å². The summed E-state index contributed by atoms with van der Waals surface area (Å²) in [6, 6.07) is 20.3. The highest BCUT2D eigenvalue weighted by molar-refractivity contribution is 6.35. The number of hydrazone groups is 1. The third kappa shape index (κ3) is 5.14. The first-order chi connectivity index (χ1) is 17.0. The van der Waals surface area contributed by atoms with Gasteiger partial charge in [0.2, 0.25) is 6.23 Å². The molecule has 182 valence electrons. The van der Waals surface area contributed by atoms with Gasteiger partial charge >= 0.3 is 0 Å². The van der Waals surface area contributed by atoms with Crippen LogP contribution in [0.4, 0.5) is 0 Å². The van der Waals surface area contributed by atoms with Gasteiger partial charge in [-0.25, -0.2) is 5.01 Å². The molecule has 0 fully saturated rings. The second-order valence-electron chi connectivity index (χ2n) is 9.27. The van der Waals surface area contributed by atoms with Gasteiger partial charge in [-0.05, 0) is 55.3 Å². The zero-order valence-corrected chi connectivity index (χ0v) is 21.6. The van der Waals surface area contributed by atoms with Crippen LogP contribution < -0.4 is 9.47 Å². The molecular formula is C29H30Cl2N2O2. The second kappa shape index (κ2) is 10.5. The third-order valence-electron chi connectivity index (χ3n) is 6.62. The maximum absolute atomic E-state index is 6.59. The number of unbranched alkanes of at least 4 members (excludes halogenated alkanes) is 3. The maximum Gasteiger partial charge on any atom is 0.213 e. The number of hydrogen-bond acceptors (Lipinski definition) is 4. The van der Waals surface area contributed by atoms with Crippen LogP contribution in [0.25, 0.3) is 0 Å². The lowest BCUT2D eigenvalue weighted by atomic mass is 9.95. The summed E-state index contributed by atoms with van der Waals surface area (Å²) in [5, 5.41) is 8.20. The van der Waals surface area contributed by atoms with Crippen LogP contribution in [0, 0.1) is 6.92 Å². The van der Waals surface area contributed by atoms with Crippen molar-refractivity contribution in [3.63, 3.8) is 0 Å². The van der Waals surface area contributed by atoms with Gasteiger partial charge in [0.1, 0.15) is 11.5 Å². The van der Waals surface area contributed by atoms with E-state index in [9.17, 15) is 0 Å². The van der Waals surface area contributed by atoms with Gasteiger partial charge in [-0.1, -0.05) is 79.2 Å². The summed E-state index contributed by atoms with van der Waals surface area (Å²) in [4.78, 5) is 0. The van der Waals surface area contributed by atoms with Crippen LogP contribution >= 0.6 is 23.2 Å². The lowest BCUT2D eigenvalue weighted by Crippen LogP contribution is -2.33. The van der Waals surface area contributed by atoms with Gasteiger partial charge in [0, 0.05) is 22.6 Å². The quantitative estimate of drug-likeness (QED) is 0.286. The Labute approximate surface area is 217 Å². The van der Waals surface area contributed by atoms with Gasteiger partial charge in [-0.2, -0.15) is 5.10 Å². The van der Waals surface area contributed by atoms with Crippen LogP contribution in [0.3, 0.4) is 0 Å². The molecule has 0 radical (unpaired) electrons. The SMILES string of the molecule is CCCCCCOc1ccc([C@@H]2Oc3c(Cl)cc(Cl)cc3[C@H]3CC(c4ccc(C)cc4)=NN32)cc1. The van der Waals surface area contributed by atoms with Crippen LogP contribution in [0.1, 0.15) is 73.6 Å². The van der Waals surface area contributed by atoms with Crippen molar-refractivity contribution in [3.8, 4) is 11.5 Å². The molecule has 2 aliphatic rings. The number of hydrogen-bond donors (Lipinski definition) is 0. The molecular weight excluding hydrogens is 479 g/mol. The first kappa shape index (κ1) is 24.0. The van der Waals surface area contributed by atoms with E-state index in [4.69, 9.17) is 37.8 Å². The Morgan fingerprint density at radius 2 is 1.77 bits per heavy atom. The lowest BCUT2D eigenvalue weighted by molar-refractivity contribution is -0.0189. The van der Waals surface area contributed by atoms with E-state index in [-0.39, 0.29) is 6.04 Å². The predicted octanol–water partition coefficient (Wildman–Crippen LogP) is 8.50. The minimum absolute atomic E-state index is 0.00857. The van der Waals surface area contributed by atoms with Crippen molar-refractivity contribution in [1.82, 2.24) is 5.01 Å². The molecule has 4 nitrogen and oxygen atoms in total. The zero-order chi connectivity index (χ0) is 24.4. The molecule has 35 heavy (non-hydrogen) atoms. The Hall–Kier alpha value is -2.69. The molecule has 6 heteroatoms. The standard InChI is InChI=1S/C29H30Cl2N2O2/c1-3-4-5-6-15-34-23-13-11-21(12-14-23)29-33-27(24-16-22(30)17-25(31)28(24)35-29)18-26(32-33)20-9-7-19(2)8-10-20/h7-14,16-17,27,29H,3-6,15,18H2,1-2H3/t27-,29+/m1/s1. The summed E-state index contributed by atoms with van der Waals surface area (Å²) in [7, 11) is 0. The van der Waals surface area contributed by atoms with Crippen molar-refractivity contribution in [3.05, 3.63) is 93.0 Å². The first-order valence-electron chi connectivity index (χ1n) is 12.3. The van der Waals surface area contributed by atoms with E-state index in [1.165, 1.54) is 24.8 Å². The highest BCUT2D eigenvalue weighted by Crippen LogP contribution is 2.50. The molecule has 2 aliphatic heterocycles. The topological polar surface area (TPSA) is 34.1 Å². The van der Waals surface area contributed by atoms with Crippen molar-refractivity contribution in [1.29, 1.82) is 0 Å². The Kier molecular flexibility index (Phi) is 7.22. The molecule has 0 saturated carbocycles. The number of aryl methyl sites for hydroxylation is 1. The van der Waals surface area contributed by atoms with Gasteiger partial charge < -0.3 is 9.47 Å². The van der Waals surface area contributed by atoms with Crippen LogP contribution in [-0.4, -0.2) is 17.3 Å². The first-order valence-corrected chi connectivity index (χ1v) is 13.1. The summed E-state index contributed by atoms with van der Waals surface area (Å²) >= 11 is 13.0. The van der Waals surface area contributed by atoms with E-state index in [0.29, 0.717) is 15.8 Å². The van der Waals surface area contributed by atoms with E-state index in [1.54, 1.807) is 6.07 Å². The number of ether oxygens (including phenoxy) is 2. The molecule has 5 rings (SSSR count). The van der Waals surface area contributed by atoms with Crippen LogP contribution in [0.2, 0.25) is 10.0 Å². The molecule has 0 aromatic heterocycles. The van der Waals surface area contributed by atoms with E-state index >= 15 is 0 Å². The average Bonchev–Trinajstić information content (AvgIpc) is 3.30. The van der Waals surface area contributed by atoms with Gasteiger partial charge in [-0.3, -0.25) is 0 Å². The van der Waals surface area contributed by atoms with E-state index in [1.807, 2.05) is 23.2 Å². The van der Waals surface area contributed by atoms with Gasteiger partial charge in [0.05, 0.1) is 23.4 Å². The lowest BCUT2D eigenvalue weighted by Gasteiger charge is -2.38. The molecule has 0 amide bonds. The number of benzene rings is 3. The number of nitrogens with zero attached hydrogens (tertiary/aromatic N) is 2.